The number of carbonyl (C=O) groups is 2. The molecule has 0 saturated carbocycles. The van der Waals surface area contributed by atoms with Gasteiger partial charge in [-0.1, -0.05) is 23.7 Å². The minimum Gasteiger partial charge on any atom is -0.297 e. The highest BCUT2D eigenvalue weighted by Gasteiger charge is 2.19. The van der Waals surface area contributed by atoms with Crippen molar-refractivity contribution >= 4 is 45.6 Å². The van der Waals surface area contributed by atoms with Gasteiger partial charge in [0.05, 0.1) is 5.69 Å². The smallest absolute Gasteiger partial charge is 0.273 e. The molecule has 8 heteroatoms. The molecule has 0 atom stereocenters. The molecule has 0 unspecified atom stereocenters. The summed E-state index contributed by atoms with van der Waals surface area (Å²) in [5, 5.41) is 9.43. The van der Waals surface area contributed by atoms with Crippen molar-refractivity contribution in [3.63, 3.8) is 0 Å². The molecule has 6 nitrogen and oxygen atoms in total. The van der Waals surface area contributed by atoms with Crippen molar-refractivity contribution in [3.05, 3.63) is 34.7 Å². The predicted molar refractivity (Wildman–Crippen MR) is 86.0 cm³/mol. The maximum atomic E-state index is 12.0. The first-order valence-corrected chi connectivity index (χ1v) is 7.76. The van der Waals surface area contributed by atoms with Gasteiger partial charge in [0.1, 0.15) is 5.71 Å². The van der Waals surface area contributed by atoms with Crippen LogP contribution in [0, 0.1) is 0 Å². The summed E-state index contributed by atoms with van der Waals surface area (Å²) in [6.07, 6.45) is 0.591. The molecule has 0 bridgehead atoms. The molecule has 2 N–H and O–H groups in total. The quantitative estimate of drug-likeness (QED) is 0.905. The zero-order valence-electron chi connectivity index (χ0n) is 11.3. The Hall–Kier alpha value is -2.25. The first-order chi connectivity index (χ1) is 10.6. The monoisotopic (exact) mass is 334 g/mol. The molecular weight excluding hydrogens is 324 g/mol. The SMILES string of the molecule is O=C1CCC(C(=O)Nc2nc(-c3ccc(Cl)cc3)cs2)=NN1. The van der Waals surface area contributed by atoms with Gasteiger partial charge in [0.25, 0.3) is 5.91 Å². The third-order valence-electron chi connectivity index (χ3n) is 3.03. The highest BCUT2D eigenvalue weighted by atomic mass is 35.5. The van der Waals surface area contributed by atoms with Gasteiger partial charge in [-0.3, -0.25) is 14.9 Å². The van der Waals surface area contributed by atoms with Crippen molar-refractivity contribution in [1.29, 1.82) is 0 Å². The lowest BCUT2D eigenvalue weighted by molar-refractivity contribution is -0.121. The lowest BCUT2D eigenvalue weighted by Crippen LogP contribution is -2.32. The summed E-state index contributed by atoms with van der Waals surface area (Å²) < 4.78 is 0. The molecule has 0 saturated heterocycles. The van der Waals surface area contributed by atoms with Crippen LogP contribution in [-0.4, -0.2) is 22.5 Å². The van der Waals surface area contributed by atoms with Gasteiger partial charge in [-0.05, 0) is 12.1 Å². The van der Waals surface area contributed by atoms with Gasteiger partial charge in [0, 0.05) is 28.8 Å². The Balaban J connectivity index is 1.70. The number of halogens is 1. The van der Waals surface area contributed by atoms with Crippen molar-refractivity contribution in [2.24, 2.45) is 5.10 Å². The third-order valence-corrected chi connectivity index (χ3v) is 4.04. The van der Waals surface area contributed by atoms with E-state index in [1.807, 2.05) is 17.5 Å². The van der Waals surface area contributed by atoms with E-state index in [-0.39, 0.29) is 18.2 Å². The molecule has 1 aliphatic heterocycles. The average Bonchev–Trinajstić information content (AvgIpc) is 2.97. The molecule has 2 amide bonds. The molecule has 22 heavy (non-hydrogen) atoms. The molecule has 1 aromatic heterocycles. The Morgan fingerprint density at radius 2 is 2.05 bits per heavy atom. The number of aromatic nitrogens is 1. The molecule has 0 fully saturated rings. The molecule has 2 aromatic rings. The second kappa shape index (κ2) is 6.25. The van der Waals surface area contributed by atoms with Gasteiger partial charge in [-0.25, -0.2) is 10.4 Å². The zero-order valence-corrected chi connectivity index (χ0v) is 12.9. The summed E-state index contributed by atoms with van der Waals surface area (Å²) in [5.74, 6) is -0.534. The fourth-order valence-corrected chi connectivity index (χ4v) is 2.73. The minimum absolute atomic E-state index is 0.184. The number of hydrogen-bond acceptors (Lipinski definition) is 5. The van der Waals surface area contributed by atoms with E-state index in [4.69, 9.17) is 11.6 Å². The number of thiazole rings is 1. The number of hydrazone groups is 1. The number of nitrogens with zero attached hydrogens (tertiary/aromatic N) is 2. The number of rotatable bonds is 3. The Bertz CT molecular complexity index is 754. The number of hydrogen-bond donors (Lipinski definition) is 2. The largest absolute Gasteiger partial charge is 0.297 e. The van der Waals surface area contributed by atoms with Crippen LogP contribution in [-0.2, 0) is 9.59 Å². The van der Waals surface area contributed by atoms with E-state index in [1.165, 1.54) is 11.3 Å². The van der Waals surface area contributed by atoms with Crippen molar-refractivity contribution < 1.29 is 9.59 Å². The van der Waals surface area contributed by atoms with Crippen molar-refractivity contribution in [2.45, 2.75) is 12.8 Å². The number of benzene rings is 1. The van der Waals surface area contributed by atoms with Gasteiger partial charge in [0.15, 0.2) is 5.13 Å². The average molecular weight is 335 g/mol. The van der Waals surface area contributed by atoms with E-state index in [0.717, 1.165) is 11.3 Å². The first-order valence-electron chi connectivity index (χ1n) is 6.50. The second-order valence-electron chi connectivity index (χ2n) is 4.59. The van der Waals surface area contributed by atoms with Crippen LogP contribution in [0.3, 0.4) is 0 Å². The number of anilines is 1. The predicted octanol–water partition coefficient (Wildman–Crippen LogP) is 2.67. The van der Waals surface area contributed by atoms with Crippen molar-refractivity contribution in [1.82, 2.24) is 10.4 Å². The highest BCUT2D eigenvalue weighted by Crippen LogP contribution is 2.26. The fraction of sp³-hybridized carbons (Fsp3) is 0.143. The number of carbonyl (C=O) groups excluding carboxylic acids is 2. The van der Waals surface area contributed by atoms with Crippen LogP contribution < -0.4 is 10.7 Å². The Kier molecular flexibility index (Phi) is 4.17. The van der Waals surface area contributed by atoms with Crippen LogP contribution in [0.25, 0.3) is 11.3 Å². The molecule has 2 heterocycles. The summed E-state index contributed by atoms with van der Waals surface area (Å²) in [5.41, 5.74) is 4.27. The third kappa shape index (κ3) is 3.32. The van der Waals surface area contributed by atoms with Gasteiger partial charge >= 0.3 is 0 Å². The first kappa shape index (κ1) is 14.7. The van der Waals surface area contributed by atoms with Gasteiger partial charge in [0.2, 0.25) is 5.91 Å². The van der Waals surface area contributed by atoms with E-state index in [1.54, 1.807) is 12.1 Å². The fourth-order valence-electron chi connectivity index (χ4n) is 1.89. The van der Waals surface area contributed by atoms with Crippen LogP contribution in [0.15, 0.2) is 34.7 Å². The summed E-state index contributed by atoms with van der Waals surface area (Å²) in [6.45, 7) is 0. The van der Waals surface area contributed by atoms with E-state index in [9.17, 15) is 9.59 Å². The van der Waals surface area contributed by atoms with Crippen LogP contribution in [0.5, 0.6) is 0 Å². The number of amides is 2. The second-order valence-corrected chi connectivity index (χ2v) is 5.89. The Morgan fingerprint density at radius 1 is 1.27 bits per heavy atom. The van der Waals surface area contributed by atoms with Crippen LogP contribution in [0.4, 0.5) is 5.13 Å². The Labute approximate surface area is 135 Å². The van der Waals surface area contributed by atoms with Crippen LogP contribution in [0.2, 0.25) is 5.02 Å². The molecule has 1 aromatic carbocycles. The Morgan fingerprint density at radius 3 is 2.73 bits per heavy atom. The van der Waals surface area contributed by atoms with E-state index < -0.39 is 0 Å². The molecule has 0 spiro atoms. The summed E-state index contributed by atoms with van der Waals surface area (Å²) >= 11 is 7.17. The van der Waals surface area contributed by atoms with E-state index >= 15 is 0 Å². The normalized spacial score (nSPS) is 14.2. The van der Waals surface area contributed by atoms with Crippen LogP contribution >= 0.6 is 22.9 Å². The molecule has 112 valence electrons. The maximum absolute atomic E-state index is 12.0. The van der Waals surface area contributed by atoms with Crippen molar-refractivity contribution in [2.75, 3.05) is 5.32 Å². The molecule has 3 rings (SSSR count). The van der Waals surface area contributed by atoms with E-state index in [2.05, 4.69) is 20.8 Å². The van der Waals surface area contributed by atoms with E-state index in [0.29, 0.717) is 22.3 Å². The molecule has 0 radical (unpaired) electrons. The molecule has 0 aliphatic carbocycles. The number of nitrogens with one attached hydrogen (secondary N) is 2. The van der Waals surface area contributed by atoms with Crippen molar-refractivity contribution in [3.8, 4) is 11.3 Å². The maximum Gasteiger partial charge on any atom is 0.273 e. The zero-order chi connectivity index (χ0) is 15.5. The summed E-state index contributed by atoms with van der Waals surface area (Å²) in [6, 6.07) is 7.30. The van der Waals surface area contributed by atoms with Gasteiger partial charge in [-0.15, -0.1) is 11.3 Å². The lowest BCUT2D eigenvalue weighted by atomic mass is 10.2. The standard InChI is InChI=1S/C14H11ClN4O2S/c15-9-3-1-8(2-4-9)11-7-22-14(16-11)17-13(21)10-5-6-12(20)19-18-10/h1-4,7H,5-6H2,(H,19,20)(H,16,17,21). The topological polar surface area (TPSA) is 83.5 Å². The molecular formula is C14H11ClN4O2S. The lowest BCUT2D eigenvalue weighted by Gasteiger charge is -2.10. The molecule has 1 aliphatic rings. The summed E-state index contributed by atoms with van der Waals surface area (Å²) in [7, 11) is 0. The highest BCUT2D eigenvalue weighted by molar-refractivity contribution is 7.14. The van der Waals surface area contributed by atoms with Crippen LogP contribution in [0.1, 0.15) is 12.8 Å². The minimum atomic E-state index is -0.350. The summed E-state index contributed by atoms with van der Waals surface area (Å²) in [4.78, 5) is 27.4. The van der Waals surface area contributed by atoms with Gasteiger partial charge in [-0.2, -0.15) is 5.10 Å². The van der Waals surface area contributed by atoms with Gasteiger partial charge < -0.3 is 0 Å².